The van der Waals surface area contributed by atoms with Gasteiger partial charge in [0.25, 0.3) is 5.56 Å². The Morgan fingerprint density at radius 3 is 2.67 bits per heavy atom. The van der Waals surface area contributed by atoms with E-state index >= 15 is 0 Å². The van der Waals surface area contributed by atoms with Gasteiger partial charge >= 0.3 is 0 Å². The zero-order valence-electron chi connectivity index (χ0n) is 18.7. The topological polar surface area (TPSA) is 107 Å². The van der Waals surface area contributed by atoms with E-state index in [1.807, 2.05) is 0 Å². The van der Waals surface area contributed by atoms with Crippen molar-refractivity contribution in [3.8, 4) is 0 Å². The maximum Gasteiger partial charge on any atom is 0.263 e. The van der Waals surface area contributed by atoms with Gasteiger partial charge in [-0.1, -0.05) is 31.5 Å². The summed E-state index contributed by atoms with van der Waals surface area (Å²) in [6.45, 7) is 2.74. The highest BCUT2D eigenvalue weighted by Crippen LogP contribution is 2.34. The number of nitrogens with zero attached hydrogens (tertiary/aromatic N) is 2. The SMILES string of the molecule is CCCCCn1c(SCC(=O)Nc2ccc(C(N)=O)cc2)nc2sc3c(c2c1=O)CCCC3. The van der Waals surface area contributed by atoms with Crippen LogP contribution in [0.25, 0.3) is 10.2 Å². The van der Waals surface area contributed by atoms with Crippen LogP contribution in [-0.2, 0) is 24.2 Å². The molecule has 0 spiro atoms. The minimum Gasteiger partial charge on any atom is -0.366 e. The number of thioether (sulfide) groups is 1. The average Bonchev–Trinajstić information content (AvgIpc) is 3.18. The van der Waals surface area contributed by atoms with Crippen LogP contribution in [0.15, 0.2) is 34.2 Å². The molecule has 1 aliphatic rings. The maximum absolute atomic E-state index is 13.5. The molecule has 0 radical (unpaired) electrons. The number of hydrogen-bond acceptors (Lipinski definition) is 6. The molecule has 2 heterocycles. The summed E-state index contributed by atoms with van der Waals surface area (Å²) in [5.41, 5.74) is 7.44. The van der Waals surface area contributed by atoms with Crippen molar-refractivity contribution in [1.29, 1.82) is 0 Å². The highest BCUT2D eigenvalue weighted by atomic mass is 32.2. The quantitative estimate of drug-likeness (QED) is 0.267. The van der Waals surface area contributed by atoms with Crippen LogP contribution in [0.4, 0.5) is 5.69 Å². The monoisotopic (exact) mass is 484 g/mol. The lowest BCUT2D eigenvalue weighted by Crippen LogP contribution is -2.25. The highest BCUT2D eigenvalue weighted by molar-refractivity contribution is 7.99. The first kappa shape index (κ1) is 23.5. The lowest BCUT2D eigenvalue weighted by molar-refractivity contribution is -0.113. The molecule has 0 saturated heterocycles. The number of carbonyl (C=O) groups is 2. The summed E-state index contributed by atoms with van der Waals surface area (Å²) in [4.78, 5) is 44.2. The first-order valence-electron chi connectivity index (χ1n) is 11.4. The van der Waals surface area contributed by atoms with Gasteiger partial charge in [-0.3, -0.25) is 19.0 Å². The van der Waals surface area contributed by atoms with Gasteiger partial charge in [0.15, 0.2) is 5.16 Å². The number of aromatic nitrogens is 2. The lowest BCUT2D eigenvalue weighted by atomic mass is 9.97. The Hall–Kier alpha value is -2.65. The van der Waals surface area contributed by atoms with Crippen molar-refractivity contribution in [2.45, 2.75) is 63.6 Å². The predicted molar refractivity (Wildman–Crippen MR) is 134 cm³/mol. The van der Waals surface area contributed by atoms with Crippen molar-refractivity contribution in [1.82, 2.24) is 9.55 Å². The molecule has 4 rings (SSSR count). The molecule has 1 aromatic carbocycles. The Morgan fingerprint density at radius 2 is 1.94 bits per heavy atom. The van der Waals surface area contributed by atoms with Gasteiger partial charge in [-0.15, -0.1) is 11.3 Å². The van der Waals surface area contributed by atoms with Gasteiger partial charge < -0.3 is 11.1 Å². The fourth-order valence-electron chi connectivity index (χ4n) is 4.09. The second kappa shape index (κ2) is 10.5. The van der Waals surface area contributed by atoms with Gasteiger partial charge in [0.2, 0.25) is 11.8 Å². The Labute approximate surface area is 200 Å². The van der Waals surface area contributed by atoms with Crippen LogP contribution in [-0.4, -0.2) is 27.1 Å². The smallest absolute Gasteiger partial charge is 0.263 e. The Morgan fingerprint density at radius 1 is 1.18 bits per heavy atom. The van der Waals surface area contributed by atoms with Gasteiger partial charge in [-0.2, -0.15) is 0 Å². The number of aryl methyl sites for hydroxylation is 2. The number of amides is 2. The highest BCUT2D eigenvalue weighted by Gasteiger charge is 2.22. The third kappa shape index (κ3) is 5.30. The minimum absolute atomic E-state index is 0.0282. The number of thiophene rings is 1. The first-order chi connectivity index (χ1) is 16.0. The van der Waals surface area contributed by atoms with Crippen LogP contribution in [0.5, 0.6) is 0 Å². The van der Waals surface area contributed by atoms with E-state index < -0.39 is 5.91 Å². The molecule has 7 nitrogen and oxygen atoms in total. The van der Waals surface area contributed by atoms with Crippen LogP contribution < -0.4 is 16.6 Å². The minimum atomic E-state index is -0.513. The zero-order valence-corrected chi connectivity index (χ0v) is 20.3. The summed E-state index contributed by atoms with van der Waals surface area (Å²) in [6, 6.07) is 6.43. The molecule has 1 aliphatic carbocycles. The van der Waals surface area contributed by atoms with Crippen molar-refractivity contribution < 1.29 is 9.59 Å². The van der Waals surface area contributed by atoms with Gasteiger partial charge in [0, 0.05) is 22.7 Å². The summed E-state index contributed by atoms with van der Waals surface area (Å²) in [7, 11) is 0. The van der Waals surface area contributed by atoms with Crippen molar-refractivity contribution >= 4 is 50.8 Å². The summed E-state index contributed by atoms with van der Waals surface area (Å²) in [5.74, 6) is -0.582. The van der Waals surface area contributed by atoms with Crippen LogP contribution >= 0.6 is 23.1 Å². The van der Waals surface area contributed by atoms with Gasteiger partial charge in [-0.05, 0) is 61.9 Å². The Balaban J connectivity index is 1.55. The predicted octanol–water partition coefficient (Wildman–Crippen LogP) is 4.36. The van der Waals surface area contributed by atoms with E-state index in [-0.39, 0.29) is 17.2 Å². The molecule has 0 aliphatic heterocycles. The molecule has 2 aromatic heterocycles. The Kier molecular flexibility index (Phi) is 7.49. The molecular weight excluding hydrogens is 456 g/mol. The van der Waals surface area contributed by atoms with Gasteiger partial charge in [-0.25, -0.2) is 4.98 Å². The van der Waals surface area contributed by atoms with Crippen molar-refractivity contribution in [3.63, 3.8) is 0 Å². The number of primary amides is 1. The molecule has 0 atom stereocenters. The molecule has 0 fully saturated rings. The number of unbranched alkanes of at least 4 members (excludes halogenated alkanes) is 2. The number of hydrogen-bond donors (Lipinski definition) is 2. The number of fused-ring (bicyclic) bond motifs is 3. The number of anilines is 1. The van der Waals surface area contributed by atoms with E-state index in [1.54, 1.807) is 40.2 Å². The molecule has 2 amide bonds. The third-order valence-electron chi connectivity index (χ3n) is 5.81. The van der Waals surface area contributed by atoms with E-state index in [9.17, 15) is 14.4 Å². The van der Waals surface area contributed by atoms with E-state index in [0.29, 0.717) is 23.0 Å². The van der Waals surface area contributed by atoms with Gasteiger partial charge in [0.05, 0.1) is 11.1 Å². The molecule has 174 valence electrons. The molecule has 3 aromatic rings. The van der Waals surface area contributed by atoms with Crippen LogP contribution in [0.3, 0.4) is 0 Å². The summed E-state index contributed by atoms with van der Waals surface area (Å²) < 4.78 is 1.76. The molecule has 0 saturated carbocycles. The number of carbonyl (C=O) groups excluding carboxylic acids is 2. The molecule has 9 heteroatoms. The van der Waals surface area contributed by atoms with Crippen LogP contribution in [0.2, 0.25) is 0 Å². The second-order valence-electron chi connectivity index (χ2n) is 8.23. The van der Waals surface area contributed by atoms with Crippen LogP contribution in [0, 0.1) is 0 Å². The second-order valence-corrected chi connectivity index (χ2v) is 10.3. The number of rotatable bonds is 9. The van der Waals surface area contributed by atoms with Crippen molar-refractivity contribution in [2.75, 3.05) is 11.1 Å². The lowest BCUT2D eigenvalue weighted by Gasteiger charge is -2.13. The largest absolute Gasteiger partial charge is 0.366 e. The summed E-state index contributed by atoms with van der Waals surface area (Å²) >= 11 is 2.92. The summed E-state index contributed by atoms with van der Waals surface area (Å²) in [5, 5.41) is 4.20. The van der Waals surface area contributed by atoms with E-state index in [2.05, 4.69) is 12.2 Å². The molecule has 33 heavy (non-hydrogen) atoms. The summed E-state index contributed by atoms with van der Waals surface area (Å²) in [6.07, 6.45) is 7.26. The Bertz CT molecular complexity index is 1230. The first-order valence-corrected chi connectivity index (χ1v) is 13.2. The third-order valence-corrected chi connectivity index (χ3v) is 7.97. The van der Waals surface area contributed by atoms with E-state index in [0.717, 1.165) is 55.2 Å². The number of nitrogens with two attached hydrogens (primary N) is 1. The van der Waals surface area contributed by atoms with Crippen molar-refractivity contribution in [2.24, 2.45) is 5.73 Å². The average molecular weight is 485 g/mol. The normalized spacial score (nSPS) is 13.1. The fraction of sp³-hybridized carbons (Fsp3) is 0.417. The molecular formula is C24H28N4O3S2. The standard InChI is InChI=1S/C24H28N4O3S2/c1-2-3-6-13-28-23(31)20-17-7-4-5-8-18(17)33-22(20)27-24(28)32-14-19(29)26-16-11-9-15(10-12-16)21(25)30/h9-12H,2-8,13-14H2,1H3,(H2,25,30)(H,26,29). The number of nitrogens with one attached hydrogen (secondary N) is 1. The molecule has 0 bridgehead atoms. The van der Waals surface area contributed by atoms with E-state index in [1.165, 1.54) is 22.2 Å². The van der Waals surface area contributed by atoms with E-state index in [4.69, 9.17) is 10.7 Å². The molecule has 0 unspecified atom stereocenters. The zero-order chi connectivity index (χ0) is 23.4. The fourth-order valence-corrected chi connectivity index (χ4v) is 6.22. The van der Waals surface area contributed by atoms with Crippen molar-refractivity contribution in [3.05, 3.63) is 50.6 Å². The van der Waals surface area contributed by atoms with Gasteiger partial charge in [0.1, 0.15) is 4.83 Å². The van der Waals surface area contributed by atoms with Crippen LogP contribution in [0.1, 0.15) is 59.8 Å². The number of benzene rings is 1. The maximum atomic E-state index is 13.5. The molecule has 3 N–H and O–H groups in total.